The summed E-state index contributed by atoms with van der Waals surface area (Å²) in [5, 5.41) is 15.6. The van der Waals surface area contributed by atoms with Crippen molar-refractivity contribution in [3.05, 3.63) is 102 Å². The van der Waals surface area contributed by atoms with Gasteiger partial charge < -0.3 is 19.8 Å². The van der Waals surface area contributed by atoms with E-state index in [2.05, 4.69) is 19.8 Å². The molecule has 2 aliphatic rings. The summed E-state index contributed by atoms with van der Waals surface area (Å²) in [6, 6.07) is 15.9. The predicted molar refractivity (Wildman–Crippen MR) is 153 cm³/mol. The first-order chi connectivity index (χ1) is 20.7. The molecular formula is C30H29N5O8. The van der Waals surface area contributed by atoms with Gasteiger partial charge in [-0.1, -0.05) is 18.2 Å². The lowest BCUT2D eigenvalue weighted by molar-refractivity contribution is -0.134. The summed E-state index contributed by atoms with van der Waals surface area (Å²) in [5.74, 6) is -2.86. The van der Waals surface area contributed by atoms with E-state index in [1.807, 2.05) is 18.2 Å². The highest BCUT2D eigenvalue weighted by Gasteiger charge is 2.38. The van der Waals surface area contributed by atoms with Crippen LogP contribution in [0.3, 0.4) is 0 Å². The van der Waals surface area contributed by atoms with Crippen LogP contribution >= 0.6 is 0 Å². The van der Waals surface area contributed by atoms with E-state index in [-0.39, 0.29) is 18.4 Å². The molecule has 222 valence electrons. The summed E-state index contributed by atoms with van der Waals surface area (Å²) in [6.07, 6.45) is 5.22. The zero-order valence-electron chi connectivity index (χ0n) is 23.0. The smallest absolute Gasteiger partial charge is 0.340 e. The number of pyridine rings is 2. The summed E-state index contributed by atoms with van der Waals surface area (Å²) < 4.78 is 5.82. The van der Waals surface area contributed by atoms with Gasteiger partial charge >= 0.3 is 17.9 Å². The van der Waals surface area contributed by atoms with E-state index in [4.69, 9.17) is 14.9 Å². The van der Waals surface area contributed by atoms with Gasteiger partial charge in [-0.15, -0.1) is 0 Å². The van der Waals surface area contributed by atoms with E-state index in [9.17, 15) is 24.0 Å². The van der Waals surface area contributed by atoms with Gasteiger partial charge in [-0.2, -0.15) is 0 Å². The lowest BCUT2D eigenvalue weighted by Crippen LogP contribution is -2.51. The highest BCUT2D eigenvalue weighted by molar-refractivity contribution is 6.21. The van der Waals surface area contributed by atoms with Crippen molar-refractivity contribution in [1.82, 2.24) is 19.8 Å². The third-order valence-electron chi connectivity index (χ3n) is 6.61. The molecule has 0 saturated carbocycles. The number of imide groups is 1. The topological polar surface area (TPSA) is 171 Å². The molecular weight excluding hydrogens is 558 g/mol. The number of fused-ring (bicyclic) bond motifs is 1. The minimum absolute atomic E-state index is 0.0151. The number of ether oxygens (including phenoxy) is 1. The number of rotatable bonds is 9. The van der Waals surface area contributed by atoms with E-state index < -0.39 is 24.0 Å². The highest BCUT2D eigenvalue weighted by atomic mass is 16.5. The first-order valence-electron chi connectivity index (χ1n) is 13.3. The minimum Gasteiger partial charge on any atom is -0.478 e. The molecule has 0 bridgehead atoms. The first kappa shape index (κ1) is 30.5. The molecule has 5 rings (SSSR count). The largest absolute Gasteiger partial charge is 0.478 e. The fourth-order valence-electron chi connectivity index (χ4n) is 4.57. The molecule has 1 unspecified atom stereocenters. The number of esters is 1. The fraction of sp³-hybridized carbons (Fsp3) is 0.233. The number of aromatic nitrogens is 2. The third kappa shape index (κ3) is 8.30. The Kier molecular flexibility index (Phi) is 10.3. The van der Waals surface area contributed by atoms with Crippen molar-refractivity contribution in [1.29, 1.82) is 0 Å². The number of carbonyl (C=O) groups is 5. The van der Waals surface area contributed by atoms with Crippen LogP contribution < -0.4 is 4.90 Å². The fourth-order valence-corrected chi connectivity index (χ4v) is 4.57. The van der Waals surface area contributed by atoms with Crippen LogP contribution in [0.15, 0.2) is 85.3 Å². The monoisotopic (exact) mass is 587 g/mol. The van der Waals surface area contributed by atoms with Crippen molar-refractivity contribution in [3.63, 3.8) is 0 Å². The molecule has 3 aromatic rings. The summed E-state index contributed by atoms with van der Waals surface area (Å²) in [7, 11) is 0. The standard InChI is InChI=1S/C26H25N5O4.C4H4O4/c32-24-21-7-1-2-8-22(21)25(33)31(24)18-20(35-26(34)19-6-5-10-27-16-19)17-29-12-14-30(15-13-29)23-9-3-4-11-28-23;5-3(6)1-2-4(7)8/h1-11,16,20H,12-15,17-18H2;1-2H,(H,5,6)(H,7,8). The third-order valence-corrected chi connectivity index (χ3v) is 6.61. The molecule has 1 aromatic carbocycles. The molecule has 13 nitrogen and oxygen atoms in total. The zero-order valence-corrected chi connectivity index (χ0v) is 23.0. The molecule has 0 radical (unpaired) electrons. The Morgan fingerprint density at radius 2 is 1.44 bits per heavy atom. The van der Waals surface area contributed by atoms with E-state index in [0.717, 1.165) is 32.0 Å². The molecule has 2 amide bonds. The van der Waals surface area contributed by atoms with Gasteiger partial charge in [0.2, 0.25) is 0 Å². The van der Waals surface area contributed by atoms with Crippen molar-refractivity contribution in [2.45, 2.75) is 6.10 Å². The Labute approximate surface area is 246 Å². The highest BCUT2D eigenvalue weighted by Crippen LogP contribution is 2.23. The molecule has 2 N–H and O–H groups in total. The molecule has 13 heteroatoms. The van der Waals surface area contributed by atoms with Gasteiger partial charge in [0.05, 0.1) is 23.2 Å². The predicted octanol–water partition coefficient (Wildman–Crippen LogP) is 1.83. The van der Waals surface area contributed by atoms with Crippen LogP contribution in [0.25, 0.3) is 0 Å². The number of carbonyl (C=O) groups excluding carboxylic acids is 3. The summed E-state index contributed by atoms with van der Waals surface area (Å²) in [4.78, 5) is 71.7. The van der Waals surface area contributed by atoms with Crippen molar-refractivity contribution in [2.24, 2.45) is 0 Å². The van der Waals surface area contributed by atoms with Crippen LogP contribution in [0, 0.1) is 0 Å². The SMILES string of the molecule is O=C(O)C=CC(=O)O.O=C(OC(CN1CCN(c2ccccn2)CC1)CN1C(=O)c2ccccc2C1=O)c1cccnc1. The van der Waals surface area contributed by atoms with E-state index in [0.29, 0.717) is 35.4 Å². The number of benzene rings is 1. The number of hydrogen-bond donors (Lipinski definition) is 2. The van der Waals surface area contributed by atoms with Gasteiger partial charge in [0.1, 0.15) is 11.9 Å². The molecule has 4 heterocycles. The number of carboxylic acid groups (broad SMARTS) is 2. The zero-order chi connectivity index (χ0) is 30.8. The molecule has 1 atom stereocenters. The second-order valence-electron chi connectivity index (χ2n) is 9.52. The number of carboxylic acids is 2. The maximum atomic E-state index is 12.9. The Hall–Kier alpha value is -5.43. The quantitative estimate of drug-likeness (QED) is 0.212. The van der Waals surface area contributed by atoms with Crippen molar-refractivity contribution in [2.75, 3.05) is 44.2 Å². The average molecular weight is 588 g/mol. The van der Waals surface area contributed by atoms with Crippen molar-refractivity contribution >= 4 is 35.5 Å². The number of aliphatic carboxylic acids is 2. The molecule has 1 saturated heterocycles. The Bertz CT molecular complexity index is 1440. The molecule has 43 heavy (non-hydrogen) atoms. The van der Waals surface area contributed by atoms with E-state index >= 15 is 0 Å². The van der Waals surface area contributed by atoms with Gasteiger partial charge in [0, 0.05) is 63.5 Å². The van der Waals surface area contributed by atoms with Crippen LogP contribution in [0.1, 0.15) is 31.1 Å². The van der Waals surface area contributed by atoms with Gasteiger partial charge in [-0.3, -0.25) is 24.4 Å². The Balaban J connectivity index is 0.000000467. The maximum Gasteiger partial charge on any atom is 0.340 e. The van der Waals surface area contributed by atoms with Gasteiger partial charge in [-0.05, 0) is 36.4 Å². The average Bonchev–Trinajstić information content (AvgIpc) is 3.26. The summed E-state index contributed by atoms with van der Waals surface area (Å²) >= 11 is 0. The lowest BCUT2D eigenvalue weighted by atomic mass is 10.1. The van der Waals surface area contributed by atoms with Crippen LogP contribution in [-0.4, -0.2) is 105 Å². The Morgan fingerprint density at radius 3 is 1.98 bits per heavy atom. The van der Waals surface area contributed by atoms with Gasteiger partial charge in [-0.25, -0.2) is 19.4 Å². The number of amides is 2. The van der Waals surface area contributed by atoms with E-state index in [1.165, 1.54) is 11.1 Å². The van der Waals surface area contributed by atoms with Crippen LogP contribution in [0.5, 0.6) is 0 Å². The second kappa shape index (κ2) is 14.5. The number of hydrogen-bond acceptors (Lipinski definition) is 10. The molecule has 2 aliphatic heterocycles. The second-order valence-corrected chi connectivity index (χ2v) is 9.52. The number of piperazine rings is 1. The molecule has 0 aliphatic carbocycles. The van der Waals surface area contributed by atoms with Crippen molar-refractivity contribution in [3.8, 4) is 0 Å². The summed E-state index contributed by atoms with van der Waals surface area (Å²) in [6.45, 7) is 3.40. The molecule has 2 aromatic heterocycles. The van der Waals surface area contributed by atoms with Crippen LogP contribution in [0.2, 0.25) is 0 Å². The number of nitrogens with zero attached hydrogens (tertiary/aromatic N) is 5. The van der Waals surface area contributed by atoms with Crippen LogP contribution in [-0.2, 0) is 14.3 Å². The number of anilines is 1. The summed E-state index contributed by atoms with van der Waals surface area (Å²) in [5.41, 5.74) is 1.07. The maximum absolute atomic E-state index is 12.9. The first-order valence-corrected chi connectivity index (χ1v) is 13.3. The van der Waals surface area contributed by atoms with E-state index in [1.54, 1.807) is 48.8 Å². The molecule has 0 spiro atoms. The lowest BCUT2D eigenvalue weighted by Gasteiger charge is -2.37. The van der Waals surface area contributed by atoms with Crippen LogP contribution in [0.4, 0.5) is 5.82 Å². The van der Waals surface area contributed by atoms with Gasteiger partial charge in [0.25, 0.3) is 11.8 Å². The minimum atomic E-state index is -1.26. The molecule has 1 fully saturated rings. The Morgan fingerprint density at radius 1 is 0.814 bits per heavy atom. The van der Waals surface area contributed by atoms with Crippen molar-refractivity contribution < 1.29 is 38.9 Å². The van der Waals surface area contributed by atoms with Gasteiger partial charge in [0.15, 0.2) is 0 Å². The normalized spacial score (nSPS) is 15.4.